The van der Waals surface area contributed by atoms with Gasteiger partial charge in [0.1, 0.15) is 7.06 Å². The lowest BCUT2D eigenvalue weighted by atomic mass is 9.86. The Hall–Kier alpha value is -6.51. The van der Waals surface area contributed by atoms with E-state index in [4.69, 9.17) is 24.4 Å². The van der Waals surface area contributed by atoms with Crippen molar-refractivity contribution >= 4 is 114 Å². The predicted molar refractivity (Wildman–Crippen MR) is 525 cm³/mol. The summed E-state index contributed by atoms with van der Waals surface area (Å²) in [5.74, 6) is -0.344. The van der Waals surface area contributed by atoms with Crippen molar-refractivity contribution in [3.63, 3.8) is 0 Å². The number of aromatic amines is 3. The Morgan fingerprint density at radius 1 is 0.366 bits per heavy atom. The number of imidazole rings is 3. The highest BCUT2D eigenvalue weighted by Crippen LogP contribution is 2.30. The molecule has 7 N–H and O–H groups in total. The van der Waals surface area contributed by atoms with Crippen molar-refractivity contribution in [1.29, 1.82) is 0 Å². The molecule has 6 amide bonds. The number of carbonyl (C=O) groups excluding carboxylic acids is 6. The van der Waals surface area contributed by atoms with Gasteiger partial charge in [0.25, 0.3) is 0 Å². The average molecular weight is 1810 g/mol. The molecule has 0 radical (unpaired) electrons. The Labute approximate surface area is 768 Å². The smallest absolute Gasteiger partial charge is 0.226 e. The fourth-order valence-corrected chi connectivity index (χ4v) is 18.6. The van der Waals surface area contributed by atoms with Gasteiger partial charge in [0.2, 0.25) is 35.4 Å². The monoisotopic (exact) mass is 1810 g/mol. The molecule has 6 aromatic rings. The van der Waals surface area contributed by atoms with E-state index >= 15 is 0 Å². The van der Waals surface area contributed by atoms with Gasteiger partial charge in [-0.1, -0.05) is 157 Å². The van der Waals surface area contributed by atoms with Crippen molar-refractivity contribution in [3.05, 3.63) is 162 Å². The molecule has 3 heterocycles. The van der Waals surface area contributed by atoms with E-state index in [1.165, 1.54) is 47.0 Å². The van der Waals surface area contributed by atoms with Crippen LogP contribution < -0.4 is 21.3 Å². The maximum atomic E-state index is 14.7. The number of nitrogens with zero attached hydrogens (tertiary/aromatic N) is 10. The SMILES string of the molecule is CCC[N+](C)(C)CCN(CC[N+](C)(C)CCC)C(=O)C(Cc1ccccc1)CC(CC)C(=O)NCCc1cnc[nH]1.CCC[N+](C)(C)CCN(CC[N+](C)(C)CCC)C(=O)C(Cc1ccccc1)CC(CSC(=S)SC)C(=O)NCCc1cnc[nH]1.CCC[N+](C)(C)CCNC(=O)C(Cc1ccccc1)CC(CSC(=S)SC)C(=O)NCCc1cnc[nH]1. The minimum absolute atomic E-state index is 0.00746. The average Bonchev–Trinajstić information content (AvgIpc) is 1.01. The lowest BCUT2D eigenvalue weighted by Gasteiger charge is -2.36. The van der Waals surface area contributed by atoms with Crippen molar-refractivity contribution in [1.82, 2.24) is 61.0 Å². The van der Waals surface area contributed by atoms with Crippen LogP contribution in [-0.2, 0) is 67.3 Å². The third-order valence-electron chi connectivity index (χ3n) is 22.9. The van der Waals surface area contributed by atoms with Crippen molar-refractivity contribution in [2.75, 3.05) is 212 Å². The molecule has 6 atom stereocenters. The molecule has 0 spiro atoms. The van der Waals surface area contributed by atoms with Crippen molar-refractivity contribution in [2.24, 2.45) is 35.5 Å². The quantitative estimate of drug-likeness (QED) is 0.0139. The van der Waals surface area contributed by atoms with Crippen LogP contribution in [0.15, 0.2) is 129 Å². The van der Waals surface area contributed by atoms with Crippen LogP contribution in [0.25, 0.3) is 0 Å². The van der Waals surface area contributed by atoms with Gasteiger partial charge in [-0.2, -0.15) is 0 Å². The summed E-state index contributed by atoms with van der Waals surface area (Å²) in [7, 11) is 22.4. The third-order valence-corrected chi connectivity index (χ3v) is 28.6. The Kier molecular flexibility index (Phi) is 52.7. The fourth-order valence-electron chi connectivity index (χ4n) is 15.6. The van der Waals surface area contributed by atoms with Gasteiger partial charge in [0.05, 0.1) is 188 Å². The number of benzene rings is 3. The molecule has 29 heteroatoms. The molecule has 6 unspecified atom stereocenters. The molecule has 3 aromatic carbocycles. The van der Waals surface area contributed by atoms with E-state index in [1.807, 2.05) is 79.2 Å². The summed E-state index contributed by atoms with van der Waals surface area (Å²) in [5, 5.41) is 12.5. The zero-order valence-electron chi connectivity index (χ0n) is 78.2. The second-order valence-corrected chi connectivity index (χ2v) is 42.2. The van der Waals surface area contributed by atoms with Crippen LogP contribution in [0, 0.1) is 35.5 Å². The first-order chi connectivity index (χ1) is 58.6. The number of rotatable bonds is 57. The van der Waals surface area contributed by atoms with Crippen LogP contribution in [0.4, 0.5) is 0 Å². The molecule has 0 aliphatic heterocycles. The summed E-state index contributed by atoms with van der Waals surface area (Å²) in [6.45, 7) is 28.0. The first-order valence-electron chi connectivity index (χ1n) is 44.9. The van der Waals surface area contributed by atoms with E-state index in [0.29, 0.717) is 115 Å². The highest BCUT2D eigenvalue weighted by Gasteiger charge is 2.36. The maximum Gasteiger partial charge on any atom is 0.226 e. The second kappa shape index (κ2) is 59.5. The van der Waals surface area contributed by atoms with Gasteiger partial charge in [-0.3, -0.25) is 28.8 Å². The fraction of sp³-hybridized carbons (Fsp3) is 0.628. The Morgan fingerprint density at radius 3 is 0.919 bits per heavy atom. The molecule has 3 aromatic heterocycles. The van der Waals surface area contributed by atoms with Crippen LogP contribution in [0.3, 0.4) is 0 Å². The summed E-state index contributed by atoms with van der Waals surface area (Å²) in [6, 6.07) is 30.5. The minimum atomic E-state index is -0.346. The lowest BCUT2D eigenvalue weighted by molar-refractivity contribution is -0.892. The van der Waals surface area contributed by atoms with E-state index < -0.39 is 0 Å². The Morgan fingerprint density at radius 2 is 0.634 bits per heavy atom. The molecular weight excluding hydrogens is 1660 g/mol. The molecule has 0 fully saturated rings. The molecule has 6 rings (SSSR count). The van der Waals surface area contributed by atoms with Crippen LogP contribution in [-0.4, -0.2) is 317 Å². The van der Waals surface area contributed by atoms with Crippen LogP contribution in [0.5, 0.6) is 0 Å². The predicted octanol–water partition coefficient (Wildman–Crippen LogP) is 13.2. The molecule has 123 heavy (non-hydrogen) atoms. The molecule has 0 aliphatic carbocycles. The van der Waals surface area contributed by atoms with E-state index in [2.05, 4.69) is 197 Å². The molecule has 0 bridgehead atoms. The van der Waals surface area contributed by atoms with Crippen LogP contribution >= 0.6 is 71.5 Å². The summed E-state index contributed by atoms with van der Waals surface area (Å²) in [4.78, 5) is 108. The van der Waals surface area contributed by atoms with Crippen molar-refractivity contribution in [2.45, 2.75) is 138 Å². The summed E-state index contributed by atoms with van der Waals surface area (Å²) >= 11 is 17.0. The molecular formula is C94H158N17O6S6+5. The first kappa shape index (κ1) is 109. The van der Waals surface area contributed by atoms with E-state index in [-0.39, 0.29) is 71.0 Å². The number of aromatic nitrogens is 6. The van der Waals surface area contributed by atoms with Gasteiger partial charge in [-0.15, -0.1) is 47.0 Å². The van der Waals surface area contributed by atoms with E-state index in [9.17, 15) is 28.8 Å². The van der Waals surface area contributed by atoms with Crippen LogP contribution in [0.1, 0.15) is 133 Å². The summed E-state index contributed by atoms with van der Waals surface area (Å²) < 4.78 is 6.02. The highest BCUT2D eigenvalue weighted by atomic mass is 32.2. The molecule has 0 aliphatic rings. The lowest BCUT2D eigenvalue weighted by Crippen LogP contribution is -2.52. The number of amides is 6. The minimum Gasteiger partial charge on any atom is -0.355 e. The number of carbonyl (C=O) groups is 6. The Bertz CT molecular complexity index is 3850. The number of nitrogens with one attached hydrogen (secondary N) is 7. The number of likely N-dealkylation sites (N-methyl/N-ethyl adjacent to an activating group) is 5. The summed E-state index contributed by atoms with van der Waals surface area (Å²) in [6.07, 6.45) is 25.8. The van der Waals surface area contributed by atoms with Gasteiger partial charge in [-0.25, -0.2) is 15.0 Å². The topological polar surface area (TPSA) is 243 Å². The number of hydrogen-bond acceptors (Lipinski definition) is 15. The van der Waals surface area contributed by atoms with E-state index in [0.717, 1.165) is 174 Å². The third kappa shape index (κ3) is 46.2. The number of hydrogen-bond donors (Lipinski definition) is 7. The summed E-state index contributed by atoms with van der Waals surface area (Å²) in [5.41, 5.74) is 6.30. The van der Waals surface area contributed by atoms with Gasteiger partial charge in [-0.05, 0) is 106 Å². The van der Waals surface area contributed by atoms with Gasteiger partial charge in [0.15, 0.2) is 0 Å². The Balaban J connectivity index is 0.000000389. The highest BCUT2D eigenvalue weighted by molar-refractivity contribution is 8.47. The number of H-pyrrole nitrogens is 3. The number of thioether (sulfide) groups is 4. The standard InChI is InChI=1S/C34H57N6O2S3.C33H57N6O2.C27H41N5O2S3/c1-8-19-39(3,4)21-17-38(18-22-40(5,6)20-9-2)33(42)29(23-28-13-11-10-12-14-28)24-30(26-45-34(43)44-7)32(41)36-16-15-31-25-35-27-37-31;1-8-20-38(4,5)22-18-37(19-23-39(6,7)21-9-2)33(41)30(24-28-14-12-11-13-15-28)25-29(10-3)32(40)35-17-16-31-26-34-27-36-31;1-5-14-32(2,3)15-13-30-25(33)22(16-21-9-7-6-8-10-21)17-23(19-37-27(35)36-4)26(34)29-12-11-24-18-28-20-31-24/h10-14,25,27,29-30H,8-9,15-24,26H2,1-7H3,(H-,35,36,37,41);11-15,26-27,29-30H,8-10,16-25H2,1-7H3,(H-,34,35,36,40);6-10,18,20,22-23H,5,11-17,19H2,1-4H3,(H2-,28,29,30,31,33,34)/q2*+1;/p+3. The van der Waals surface area contributed by atoms with Gasteiger partial charge in [0, 0.05) is 122 Å². The number of quaternary nitrogens is 5. The number of thiocarbonyl (C=S) groups is 2. The van der Waals surface area contributed by atoms with Crippen molar-refractivity contribution in [3.8, 4) is 0 Å². The normalized spacial score (nSPS) is 13.3. The van der Waals surface area contributed by atoms with Gasteiger partial charge >= 0.3 is 0 Å². The van der Waals surface area contributed by atoms with Crippen molar-refractivity contribution < 1.29 is 51.2 Å². The second-order valence-electron chi connectivity index (χ2n) is 36.1. The zero-order chi connectivity index (χ0) is 90.7. The largest absolute Gasteiger partial charge is 0.355 e. The zero-order valence-corrected chi connectivity index (χ0v) is 83.1. The van der Waals surface area contributed by atoms with Gasteiger partial charge < -0.3 is 68.4 Å². The molecule has 0 saturated heterocycles. The van der Waals surface area contributed by atoms with Crippen LogP contribution in [0.2, 0.25) is 0 Å². The maximum absolute atomic E-state index is 14.7. The molecule has 686 valence electrons. The molecule has 23 nitrogen and oxygen atoms in total. The molecule has 0 saturated carbocycles. The van der Waals surface area contributed by atoms with E-state index in [1.54, 1.807) is 37.6 Å². The first-order valence-corrected chi connectivity index (χ1v) is 50.1.